The van der Waals surface area contributed by atoms with Gasteiger partial charge in [0.15, 0.2) is 0 Å². The van der Waals surface area contributed by atoms with Crippen LogP contribution in [0.25, 0.3) is 0 Å². The van der Waals surface area contributed by atoms with Crippen LogP contribution in [0.1, 0.15) is 5.56 Å². The van der Waals surface area contributed by atoms with Crippen molar-refractivity contribution in [2.75, 3.05) is 25.6 Å². The SMILES string of the molecule is COCCNc1ccc(Cl)c(C(F)(F)F)c1. The van der Waals surface area contributed by atoms with E-state index in [1.165, 1.54) is 19.2 Å². The van der Waals surface area contributed by atoms with Gasteiger partial charge in [-0.05, 0) is 18.2 Å². The molecule has 1 N–H and O–H groups in total. The molecule has 0 aliphatic heterocycles. The molecule has 2 nitrogen and oxygen atoms in total. The van der Waals surface area contributed by atoms with Crippen LogP contribution in [-0.4, -0.2) is 20.3 Å². The van der Waals surface area contributed by atoms with Crippen molar-refractivity contribution in [2.24, 2.45) is 0 Å². The highest BCUT2D eigenvalue weighted by molar-refractivity contribution is 6.31. The molecule has 0 aliphatic rings. The second-order valence-corrected chi connectivity index (χ2v) is 3.52. The second kappa shape index (κ2) is 5.41. The lowest BCUT2D eigenvalue weighted by Gasteiger charge is -2.12. The van der Waals surface area contributed by atoms with Crippen LogP contribution in [0.4, 0.5) is 18.9 Å². The Bertz CT molecular complexity index is 354. The molecule has 0 saturated heterocycles. The smallest absolute Gasteiger partial charge is 0.383 e. The van der Waals surface area contributed by atoms with Crippen LogP contribution in [-0.2, 0) is 10.9 Å². The Labute approximate surface area is 96.4 Å². The molecule has 0 heterocycles. The van der Waals surface area contributed by atoms with E-state index < -0.39 is 11.7 Å². The minimum atomic E-state index is -4.43. The number of ether oxygens (including phenoxy) is 1. The first kappa shape index (κ1) is 13.1. The standard InChI is InChI=1S/C10H11ClF3NO/c1-16-5-4-15-7-2-3-9(11)8(6-7)10(12,13)14/h2-3,6,15H,4-5H2,1H3. The monoisotopic (exact) mass is 253 g/mol. The number of rotatable bonds is 4. The van der Waals surface area contributed by atoms with Crippen molar-refractivity contribution in [2.45, 2.75) is 6.18 Å². The summed E-state index contributed by atoms with van der Waals surface area (Å²) in [5, 5.41) is 2.50. The summed E-state index contributed by atoms with van der Waals surface area (Å²) in [6.45, 7) is 0.861. The lowest BCUT2D eigenvalue weighted by molar-refractivity contribution is -0.137. The van der Waals surface area contributed by atoms with E-state index in [1.807, 2.05) is 0 Å². The van der Waals surface area contributed by atoms with Gasteiger partial charge in [-0.2, -0.15) is 13.2 Å². The molecular formula is C10H11ClF3NO. The molecule has 16 heavy (non-hydrogen) atoms. The zero-order chi connectivity index (χ0) is 12.2. The number of nitrogens with one attached hydrogen (secondary N) is 1. The quantitative estimate of drug-likeness (QED) is 0.831. The van der Waals surface area contributed by atoms with Crippen LogP contribution in [0, 0.1) is 0 Å². The fourth-order valence-corrected chi connectivity index (χ4v) is 1.37. The molecule has 0 fully saturated rings. The van der Waals surface area contributed by atoms with Crippen LogP contribution >= 0.6 is 11.6 Å². The average molecular weight is 254 g/mol. The minimum absolute atomic E-state index is 0.301. The molecule has 0 aromatic heterocycles. The lowest BCUT2D eigenvalue weighted by Crippen LogP contribution is -2.10. The predicted molar refractivity (Wildman–Crippen MR) is 56.8 cm³/mol. The highest BCUT2D eigenvalue weighted by Gasteiger charge is 2.33. The van der Waals surface area contributed by atoms with Crippen molar-refractivity contribution in [1.82, 2.24) is 0 Å². The van der Waals surface area contributed by atoms with E-state index in [9.17, 15) is 13.2 Å². The van der Waals surface area contributed by atoms with Gasteiger partial charge in [0.05, 0.1) is 17.2 Å². The fourth-order valence-electron chi connectivity index (χ4n) is 1.15. The number of halogens is 4. The van der Waals surface area contributed by atoms with Gasteiger partial charge < -0.3 is 10.1 Å². The Balaban J connectivity index is 2.82. The Morgan fingerprint density at radius 2 is 2.06 bits per heavy atom. The van der Waals surface area contributed by atoms with E-state index in [0.29, 0.717) is 18.8 Å². The molecule has 0 bridgehead atoms. The average Bonchev–Trinajstić information content (AvgIpc) is 2.19. The highest BCUT2D eigenvalue weighted by Crippen LogP contribution is 2.36. The molecule has 90 valence electrons. The molecular weight excluding hydrogens is 243 g/mol. The van der Waals surface area contributed by atoms with Crippen molar-refractivity contribution in [1.29, 1.82) is 0 Å². The van der Waals surface area contributed by atoms with Crippen molar-refractivity contribution in [3.05, 3.63) is 28.8 Å². The molecule has 1 aromatic carbocycles. The summed E-state index contributed by atoms with van der Waals surface area (Å²) < 4.78 is 42.2. The molecule has 1 aromatic rings. The topological polar surface area (TPSA) is 21.3 Å². The molecule has 0 atom stereocenters. The molecule has 0 saturated carbocycles. The van der Waals surface area contributed by atoms with Gasteiger partial charge in [-0.15, -0.1) is 0 Å². The summed E-state index contributed by atoms with van der Waals surface area (Å²) in [7, 11) is 1.52. The zero-order valence-corrected chi connectivity index (χ0v) is 9.32. The summed E-state index contributed by atoms with van der Waals surface area (Å²) in [6.07, 6.45) is -4.43. The lowest BCUT2D eigenvalue weighted by atomic mass is 10.2. The van der Waals surface area contributed by atoms with Crippen LogP contribution in [0.2, 0.25) is 5.02 Å². The summed E-state index contributed by atoms with van der Waals surface area (Å²) in [5.41, 5.74) is -0.467. The van der Waals surface area contributed by atoms with E-state index in [2.05, 4.69) is 5.32 Å². The number of hydrogen-bond acceptors (Lipinski definition) is 2. The highest BCUT2D eigenvalue weighted by atomic mass is 35.5. The van der Waals surface area contributed by atoms with Crippen molar-refractivity contribution < 1.29 is 17.9 Å². The molecule has 0 spiro atoms. The van der Waals surface area contributed by atoms with Gasteiger partial charge in [-0.1, -0.05) is 11.6 Å². The van der Waals surface area contributed by atoms with Crippen LogP contribution in [0.15, 0.2) is 18.2 Å². The summed E-state index contributed by atoms with van der Waals surface area (Å²) in [4.78, 5) is 0. The first-order valence-electron chi connectivity index (χ1n) is 4.54. The number of alkyl halides is 3. The van der Waals surface area contributed by atoms with E-state index in [-0.39, 0.29) is 5.02 Å². The van der Waals surface area contributed by atoms with Gasteiger partial charge in [0.25, 0.3) is 0 Å². The molecule has 6 heteroatoms. The van der Waals surface area contributed by atoms with Gasteiger partial charge in [-0.25, -0.2) is 0 Å². The summed E-state index contributed by atoms with van der Waals surface area (Å²) >= 11 is 5.47. The zero-order valence-electron chi connectivity index (χ0n) is 8.57. The molecule has 0 radical (unpaired) electrons. The molecule has 1 rings (SSSR count). The summed E-state index contributed by atoms with van der Waals surface area (Å²) in [5.74, 6) is 0. The van der Waals surface area contributed by atoms with Gasteiger partial charge in [0.2, 0.25) is 0 Å². The van der Waals surface area contributed by atoms with E-state index in [4.69, 9.17) is 16.3 Å². The third-order valence-corrected chi connectivity index (χ3v) is 2.24. The van der Waals surface area contributed by atoms with Gasteiger partial charge >= 0.3 is 6.18 Å². The van der Waals surface area contributed by atoms with Crippen LogP contribution in [0.5, 0.6) is 0 Å². The summed E-state index contributed by atoms with van der Waals surface area (Å²) in [6, 6.07) is 3.70. The first-order valence-corrected chi connectivity index (χ1v) is 4.92. The Morgan fingerprint density at radius 3 is 2.62 bits per heavy atom. The van der Waals surface area contributed by atoms with Crippen molar-refractivity contribution in [3.8, 4) is 0 Å². The molecule has 0 amide bonds. The number of benzene rings is 1. The molecule has 0 unspecified atom stereocenters. The predicted octanol–water partition coefficient (Wildman–Crippen LogP) is 3.42. The Morgan fingerprint density at radius 1 is 1.38 bits per heavy atom. The van der Waals surface area contributed by atoms with Crippen LogP contribution in [0.3, 0.4) is 0 Å². The maximum Gasteiger partial charge on any atom is 0.417 e. The minimum Gasteiger partial charge on any atom is -0.383 e. The van der Waals surface area contributed by atoms with E-state index in [1.54, 1.807) is 0 Å². The fraction of sp³-hybridized carbons (Fsp3) is 0.400. The van der Waals surface area contributed by atoms with Crippen molar-refractivity contribution >= 4 is 17.3 Å². The maximum absolute atomic E-state index is 12.5. The third-order valence-electron chi connectivity index (χ3n) is 1.91. The number of methoxy groups -OCH3 is 1. The molecule has 0 aliphatic carbocycles. The van der Waals surface area contributed by atoms with Crippen LogP contribution < -0.4 is 5.32 Å². The Kier molecular flexibility index (Phi) is 4.44. The first-order chi connectivity index (χ1) is 7.45. The van der Waals surface area contributed by atoms with Gasteiger partial charge in [-0.3, -0.25) is 0 Å². The van der Waals surface area contributed by atoms with E-state index in [0.717, 1.165) is 6.07 Å². The number of hydrogen-bond donors (Lipinski definition) is 1. The van der Waals surface area contributed by atoms with Crippen molar-refractivity contribution in [3.63, 3.8) is 0 Å². The Hall–Kier alpha value is -0.940. The maximum atomic E-state index is 12.5. The second-order valence-electron chi connectivity index (χ2n) is 3.11. The van der Waals surface area contributed by atoms with E-state index >= 15 is 0 Å². The normalized spacial score (nSPS) is 11.6. The largest absolute Gasteiger partial charge is 0.417 e. The van der Waals surface area contributed by atoms with Gasteiger partial charge in [0, 0.05) is 19.3 Å². The number of anilines is 1. The third kappa shape index (κ3) is 3.57. The van der Waals surface area contributed by atoms with Gasteiger partial charge in [0.1, 0.15) is 0 Å².